The van der Waals surface area contributed by atoms with Crippen molar-refractivity contribution in [2.75, 3.05) is 0 Å². The van der Waals surface area contributed by atoms with E-state index in [0.29, 0.717) is 17.2 Å². The number of imidazole rings is 2. The minimum absolute atomic E-state index is 0. The molecule has 2 aromatic heterocycles. The first-order valence-electron chi connectivity index (χ1n) is 16.1. The predicted molar refractivity (Wildman–Crippen MR) is 196 cm³/mol. The minimum Gasteiger partial charge on any atom is -0.872 e. The largest absolute Gasteiger partial charge is 1.00 e. The van der Waals surface area contributed by atoms with Crippen molar-refractivity contribution in [3.8, 4) is 51.2 Å². The molecule has 0 aliphatic heterocycles. The van der Waals surface area contributed by atoms with Gasteiger partial charge in [-0.2, -0.15) is 8.42 Å². The van der Waals surface area contributed by atoms with Crippen molar-refractivity contribution >= 4 is 48.1 Å². The first-order chi connectivity index (χ1) is 25.8. The van der Waals surface area contributed by atoms with Crippen LogP contribution in [0.3, 0.4) is 0 Å². The molecule has 0 fully saturated rings. The molecule has 0 aliphatic carbocycles. The number of ketones is 1. The number of ether oxygens (including phenoxy) is 1. The molecule has 8 rings (SSSR count). The summed E-state index contributed by atoms with van der Waals surface area (Å²) in [5.41, 5.74) is 6.16. The van der Waals surface area contributed by atoms with Crippen LogP contribution in [-0.4, -0.2) is 51.7 Å². The second-order valence-corrected chi connectivity index (χ2v) is 15.0. The molecule has 0 spiro atoms. The standard InChI is InChI=1S/C39H26N4O9S2.2Na/c44-28-11-4-22(5-12-28)38-40-31-15-8-24(19-33(31)42-38)25-9-16-32-34(20-25)43-39(41-32)23-6-13-29(14-7-23)52-35-17-10-27(21-36(35)54(49,50)51)37(45)26-2-1-3-30(18-26)53(46,47)48;;/h1-21,44H,(H,40,42)(H,41,43)(H,46,47,48)(H,49,50,51);;/q;2*+1/p-2. The maximum atomic E-state index is 13.1. The zero-order chi connectivity index (χ0) is 37.8. The van der Waals surface area contributed by atoms with Crippen LogP contribution in [0.15, 0.2) is 137 Å². The molecule has 0 amide bonds. The number of hydrogen-bond acceptors (Lipinski definition) is 10. The average molecular weight is 803 g/mol. The van der Waals surface area contributed by atoms with Gasteiger partial charge in [0.2, 0.25) is 0 Å². The first-order valence-corrected chi connectivity index (χ1v) is 18.9. The van der Waals surface area contributed by atoms with Gasteiger partial charge in [0, 0.05) is 22.3 Å². The first kappa shape index (κ1) is 41.0. The number of H-pyrrole nitrogens is 2. The number of aromatic amines is 2. The molecule has 0 unspecified atom stereocenters. The van der Waals surface area contributed by atoms with Gasteiger partial charge in [0.1, 0.15) is 38.2 Å². The van der Waals surface area contributed by atoms with E-state index < -0.39 is 35.8 Å². The normalized spacial score (nSPS) is 11.5. The molecule has 2 heterocycles. The quantitative estimate of drug-likeness (QED) is 0.105. The minimum atomic E-state index is -4.89. The summed E-state index contributed by atoms with van der Waals surface area (Å²) in [7, 11) is -9.73. The van der Waals surface area contributed by atoms with E-state index in [1.165, 1.54) is 36.4 Å². The van der Waals surface area contributed by atoms with E-state index in [4.69, 9.17) is 14.7 Å². The third-order valence-corrected chi connectivity index (χ3v) is 10.4. The Morgan fingerprint density at radius 1 is 0.625 bits per heavy atom. The molecule has 268 valence electrons. The van der Waals surface area contributed by atoms with Crippen LogP contribution in [0.4, 0.5) is 0 Å². The molecule has 6 aromatic carbocycles. The molecule has 3 N–H and O–H groups in total. The van der Waals surface area contributed by atoms with Crippen molar-refractivity contribution in [2.45, 2.75) is 9.79 Å². The Hall–Kier alpha value is -4.65. The van der Waals surface area contributed by atoms with Gasteiger partial charge in [-0.15, -0.1) is 5.75 Å². The maximum Gasteiger partial charge on any atom is 1.00 e. The van der Waals surface area contributed by atoms with Gasteiger partial charge in [-0.25, -0.2) is 18.4 Å². The molecule has 8 aromatic rings. The molecule has 13 nitrogen and oxygen atoms in total. The Labute approximate surface area is 363 Å². The fourth-order valence-corrected chi connectivity index (χ4v) is 7.12. The summed E-state index contributed by atoms with van der Waals surface area (Å²) in [5.74, 6) is 0.333. The van der Waals surface area contributed by atoms with Gasteiger partial charge in [0.15, 0.2) is 5.78 Å². The number of rotatable bonds is 9. The van der Waals surface area contributed by atoms with Gasteiger partial charge >= 0.3 is 59.1 Å². The summed E-state index contributed by atoms with van der Waals surface area (Å²) in [5, 5.41) is 11.5. The molecule has 0 saturated heterocycles. The molecular formula is C39H24N4Na2O9S2. The number of nitrogens with zero attached hydrogens (tertiary/aromatic N) is 2. The van der Waals surface area contributed by atoms with Crippen LogP contribution in [0.2, 0.25) is 0 Å². The van der Waals surface area contributed by atoms with Gasteiger partial charge in [0.05, 0.1) is 27.0 Å². The zero-order valence-corrected chi connectivity index (χ0v) is 35.2. The summed E-state index contributed by atoms with van der Waals surface area (Å²) in [6.07, 6.45) is 0. The number of nitrogens with one attached hydrogen (secondary N) is 2. The summed E-state index contributed by atoms with van der Waals surface area (Å²) < 4.78 is 74.6. The molecular weight excluding hydrogens is 779 g/mol. The van der Waals surface area contributed by atoms with E-state index in [1.807, 2.05) is 36.4 Å². The zero-order valence-electron chi connectivity index (χ0n) is 29.5. The summed E-state index contributed by atoms with van der Waals surface area (Å²) >= 11 is 0. The Balaban J connectivity index is 0.00000266. The van der Waals surface area contributed by atoms with Crippen molar-refractivity contribution in [2.24, 2.45) is 0 Å². The Morgan fingerprint density at radius 3 is 1.68 bits per heavy atom. The number of aromatic nitrogens is 4. The SMILES string of the molecule is O=C(c1cccc(S(=O)(=O)[O-])c1)c1ccc(Oc2ccc(-c3nc4cc(-c5ccc6[nH]c(-c7ccc([O-])cc7)nc6c5)ccc4[nH]3)cc2)c(S(=O)(=O)O)c1.[Na+].[Na+]. The van der Waals surface area contributed by atoms with E-state index in [1.54, 1.807) is 36.4 Å². The van der Waals surface area contributed by atoms with E-state index in [0.717, 1.165) is 57.0 Å². The number of carbonyl (C=O) groups excluding carboxylic acids is 1. The van der Waals surface area contributed by atoms with Crippen molar-refractivity contribution in [3.63, 3.8) is 0 Å². The third-order valence-electron chi connectivity index (χ3n) is 8.65. The van der Waals surface area contributed by atoms with Crippen molar-refractivity contribution in [1.82, 2.24) is 19.9 Å². The summed E-state index contributed by atoms with van der Waals surface area (Å²) in [6.45, 7) is 0. The number of benzene rings is 6. The van der Waals surface area contributed by atoms with Gasteiger partial charge < -0.3 is 24.4 Å². The van der Waals surface area contributed by atoms with E-state index in [9.17, 15) is 35.8 Å². The van der Waals surface area contributed by atoms with Crippen molar-refractivity contribution < 1.29 is 99.7 Å². The van der Waals surface area contributed by atoms with E-state index in [-0.39, 0.29) is 87.5 Å². The van der Waals surface area contributed by atoms with Crippen molar-refractivity contribution in [3.05, 3.63) is 139 Å². The number of hydrogen-bond donors (Lipinski definition) is 3. The molecule has 17 heteroatoms. The summed E-state index contributed by atoms with van der Waals surface area (Å²) in [6, 6.07) is 32.6. The van der Waals surface area contributed by atoms with Gasteiger partial charge in [0.25, 0.3) is 10.1 Å². The molecule has 0 aliphatic rings. The third kappa shape index (κ3) is 8.52. The number of fused-ring (bicyclic) bond motifs is 2. The van der Waals surface area contributed by atoms with Crippen LogP contribution in [0.1, 0.15) is 15.9 Å². The second-order valence-electron chi connectivity index (χ2n) is 12.2. The topological polar surface area (TPSA) is 218 Å². The Morgan fingerprint density at radius 2 is 1.14 bits per heavy atom. The molecule has 56 heavy (non-hydrogen) atoms. The molecule has 0 bridgehead atoms. The fourth-order valence-electron chi connectivity index (χ4n) is 5.96. The van der Waals surface area contributed by atoms with Gasteiger partial charge in [-0.05, 0) is 90.0 Å². The monoisotopic (exact) mass is 802 g/mol. The summed E-state index contributed by atoms with van der Waals surface area (Å²) in [4.78, 5) is 27.8. The van der Waals surface area contributed by atoms with Crippen LogP contribution >= 0.6 is 0 Å². The number of carbonyl (C=O) groups is 1. The van der Waals surface area contributed by atoms with Crippen molar-refractivity contribution in [1.29, 1.82) is 0 Å². The van der Waals surface area contributed by atoms with Gasteiger partial charge in [-0.3, -0.25) is 9.35 Å². The Kier molecular flexibility index (Phi) is 11.8. The Bertz CT molecular complexity index is 3010. The molecule has 0 atom stereocenters. The fraction of sp³-hybridized carbons (Fsp3) is 0. The molecule has 0 saturated carbocycles. The van der Waals surface area contributed by atoms with E-state index in [2.05, 4.69) is 9.97 Å². The van der Waals surface area contributed by atoms with Crippen LogP contribution in [-0.2, 0) is 20.2 Å². The van der Waals surface area contributed by atoms with Crippen LogP contribution in [0, 0.1) is 0 Å². The second kappa shape index (κ2) is 16.1. The van der Waals surface area contributed by atoms with Crippen LogP contribution < -0.4 is 69.0 Å². The average Bonchev–Trinajstić information content (AvgIpc) is 3.79. The smallest absolute Gasteiger partial charge is 0.872 e. The predicted octanol–water partition coefficient (Wildman–Crippen LogP) is 0.696. The maximum absolute atomic E-state index is 13.1. The van der Waals surface area contributed by atoms with Crippen LogP contribution in [0.25, 0.3) is 56.0 Å². The molecule has 0 radical (unpaired) electrons. The van der Waals surface area contributed by atoms with Crippen LogP contribution in [0.5, 0.6) is 17.2 Å². The van der Waals surface area contributed by atoms with Gasteiger partial charge in [-0.1, -0.05) is 48.5 Å². The van der Waals surface area contributed by atoms with E-state index >= 15 is 0 Å².